The van der Waals surface area contributed by atoms with Crippen LogP contribution in [-0.4, -0.2) is 37.2 Å². The predicted molar refractivity (Wildman–Crippen MR) is 88.4 cm³/mol. The smallest absolute Gasteiger partial charge is 0.315 e. The van der Waals surface area contributed by atoms with E-state index in [-0.39, 0.29) is 6.03 Å². The largest absolute Gasteiger partial charge is 0.481 e. The molecule has 0 saturated carbocycles. The number of urea groups is 1. The normalized spacial score (nSPS) is 10.0. The minimum atomic E-state index is -0.257. The molecule has 0 aliphatic heterocycles. The van der Waals surface area contributed by atoms with Crippen molar-refractivity contribution in [3.63, 3.8) is 0 Å². The van der Waals surface area contributed by atoms with Crippen LogP contribution in [-0.2, 0) is 13.1 Å². The predicted octanol–water partition coefficient (Wildman–Crippen LogP) is 1.55. The summed E-state index contributed by atoms with van der Waals surface area (Å²) in [5.74, 6) is 1.39. The Hall–Kier alpha value is -2.83. The van der Waals surface area contributed by atoms with Gasteiger partial charge in [0.05, 0.1) is 7.11 Å². The number of methoxy groups -OCH3 is 1. The van der Waals surface area contributed by atoms with Crippen LogP contribution in [0.3, 0.4) is 0 Å². The third kappa shape index (κ3) is 4.84. The lowest BCUT2D eigenvalue weighted by Crippen LogP contribution is -2.34. The summed E-state index contributed by atoms with van der Waals surface area (Å²) in [5, 5.41) is 5.57. The molecule has 2 amide bonds. The lowest BCUT2D eigenvalue weighted by molar-refractivity contribution is 0.240. The third-order valence-electron chi connectivity index (χ3n) is 3.20. The van der Waals surface area contributed by atoms with Gasteiger partial charge in [-0.2, -0.15) is 0 Å². The average molecular weight is 315 g/mol. The molecule has 0 saturated heterocycles. The standard InChI is InChI=1S/C16H21N5O2/c1-21(2)14-7-6-12(9-18-14)10-19-16(22)20-11-13-5-4-8-17-15(13)23-3/h4-9H,10-11H2,1-3H3,(H2,19,20,22). The molecule has 23 heavy (non-hydrogen) atoms. The number of rotatable bonds is 6. The monoisotopic (exact) mass is 315 g/mol. The number of carbonyl (C=O) groups is 1. The van der Waals surface area contributed by atoms with Crippen LogP contribution in [0.2, 0.25) is 0 Å². The van der Waals surface area contributed by atoms with E-state index >= 15 is 0 Å². The molecule has 0 aliphatic carbocycles. The van der Waals surface area contributed by atoms with Crippen molar-refractivity contribution in [1.29, 1.82) is 0 Å². The number of hydrogen-bond donors (Lipinski definition) is 2. The lowest BCUT2D eigenvalue weighted by Gasteiger charge is -2.12. The van der Waals surface area contributed by atoms with Gasteiger partial charge < -0.3 is 20.3 Å². The van der Waals surface area contributed by atoms with E-state index in [9.17, 15) is 4.79 Å². The highest BCUT2D eigenvalue weighted by atomic mass is 16.5. The number of nitrogens with zero attached hydrogens (tertiary/aromatic N) is 3. The Morgan fingerprint density at radius 2 is 1.96 bits per heavy atom. The molecule has 0 spiro atoms. The lowest BCUT2D eigenvalue weighted by atomic mass is 10.2. The van der Waals surface area contributed by atoms with E-state index in [4.69, 9.17) is 4.74 Å². The highest BCUT2D eigenvalue weighted by Gasteiger charge is 2.06. The van der Waals surface area contributed by atoms with Crippen LogP contribution in [0.4, 0.5) is 10.6 Å². The summed E-state index contributed by atoms with van der Waals surface area (Å²) < 4.78 is 5.14. The molecule has 0 unspecified atom stereocenters. The van der Waals surface area contributed by atoms with Gasteiger partial charge in [0.25, 0.3) is 0 Å². The van der Waals surface area contributed by atoms with Gasteiger partial charge in [-0.1, -0.05) is 12.1 Å². The van der Waals surface area contributed by atoms with Crippen LogP contribution in [0.25, 0.3) is 0 Å². The van der Waals surface area contributed by atoms with Crippen molar-refractivity contribution in [2.45, 2.75) is 13.1 Å². The molecule has 0 atom stereocenters. The van der Waals surface area contributed by atoms with Crippen molar-refractivity contribution in [3.05, 3.63) is 47.8 Å². The van der Waals surface area contributed by atoms with Gasteiger partial charge in [-0.25, -0.2) is 14.8 Å². The molecule has 2 heterocycles. The highest BCUT2D eigenvalue weighted by molar-refractivity contribution is 5.73. The summed E-state index contributed by atoms with van der Waals surface area (Å²) >= 11 is 0. The molecular formula is C16H21N5O2. The molecule has 122 valence electrons. The average Bonchev–Trinajstić information content (AvgIpc) is 2.58. The second kappa shape index (κ2) is 7.98. The Labute approximate surface area is 135 Å². The van der Waals surface area contributed by atoms with Gasteiger partial charge in [-0.3, -0.25) is 0 Å². The number of ether oxygens (including phenoxy) is 1. The second-order valence-electron chi connectivity index (χ2n) is 5.13. The van der Waals surface area contributed by atoms with Crippen LogP contribution < -0.4 is 20.3 Å². The molecule has 0 aromatic carbocycles. The summed E-state index contributed by atoms with van der Waals surface area (Å²) in [6.07, 6.45) is 3.40. The molecule has 2 aromatic heterocycles. The summed E-state index contributed by atoms with van der Waals surface area (Å²) in [5.41, 5.74) is 1.76. The fourth-order valence-electron chi connectivity index (χ4n) is 1.95. The zero-order valence-corrected chi connectivity index (χ0v) is 13.5. The van der Waals surface area contributed by atoms with Gasteiger partial charge in [0.1, 0.15) is 5.82 Å². The number of pyridine rings is 2. The molecule has 7 heteroatoms. The van der Waals surface area contributed by atoms with Gasteiger partial charge >= 0.3 is 6.03 Å². The van der Waals surface area contributed by atoms with Crippen molar-refractivity contribution in [2.24, 2.45) is 0 Å². The Kier molecular flexibility index (Phi) is 5.74. The van der Waals surface area contributed by atoms with Crippen LogP contribution >= 0.6 is 0 Å². The minimum Gasteiger partial charge on any atom is -0.481 e. The van der Waals surface area contributed by atoms with Gasteiger partial charge in [0.15, 0.2) is 0 Å². The second-order valence-corrected chi connectivity index (χ2v) is 5.13. The highest BCUT2D eigenvalue weighted by Crippen LogP contribution is 2.12. The quantitative estimate of drug-likeness (QED) is 0.845. The van der Waals surface area contributed by atoms with Crippen molar-refractivity contribution < 1.29 is 9.53 Å². The Bertz CT molecular complexity index is 643. The molecule has 7 nitrogen and oxygen atoms in total. The fraction of sp³-hybridized carbons (Fsp3) is 0.312. The topological polar surface area (TPSA) is 79.4 Å². The minimum absolute atomic E-state index is 0.257. The van der Waals surface area contributed by atoms with Gasteiger partial charge in [-0.15, -0.1) is 0 Å². The summed E-state index contributed by atoms with van der Waals surface area (Å²) in [4.78, 5) is 22.2. The Morgan fingerprint density at radius 3 is 2.61 bits per heavy atom. The number of hydrogen-bond acceptors (Lipinski definition) is 5. The van der Waals surface area contributed by atoms with Gasteiger partial charge in [0.2, 0.25) is 5.88 Å². The van der Waals surface area contributed by atoms with Crippen LogP contribution in [0.1, 0.15) is 11.1 Å². The molecule has 0 radical (unpaired) electrons. The first kappa shape index (κ1) is 16.5. The molecular weight excluding hydrogens is 294 g/mol. The SMILES string of the molecule is COc1ncccc1CNC(=O)NCc1ccc(N(C)C)nc1. The van der Waals surface area contributed by atoms with E-state index in [2.05, 4.69) is 20.6 Å². The van der Waals surface area contributed by atoms with E-state index in [0.717, 1.165) is 16.9 Å². The molecule has 2 aromatic rings. The molecule has 0 aliphatic rings. The molecule has 2 N–H and O–H groups in total. The zero-order valence-electron chi connectivity index (χ0n) is 13.5. The van der Waals surface area contributed by atoms with E-state index in [1.54, 1.807) is 25.6 Å². The Balaban J connectivity index is 1.81. The van der Waals surface area contributed by atoms with Crippen LogP contribution in [0, 0.1) is 0 Å². The van der Waals surface area contributed by atoms with Crippen molar-refractivity contribution in [1.82, 2.24) is 20.6 Å². The third-order valence-corrected chi connectivity index (χ3v) is 3.20. The van der Waals surface area contributed by atoms with Crippen molar-refractivity contribution in [2.75, 3.05) is 26.1 Å². The number of nitrogens with one attached hydrogen (secondary N) is 2. The first-order valence-corrected chi connectivity index (χ1v) is 7.22. The number of carbonyl (C=O) groups excluding carboxylic acids is 1. The number of amides is 2. The first-order valence-electron chi connectivity index (χ1n) is 7.22. The summed E-state index contributed by atoms with van der Waals surface area (Å²) in [6, 6.07) is 7.25. The molecule has 0 bridgehead atoms. The van der Waals surface area contributed by atoms with Gasteiger partial charge in [0, 0.05) is 45.1 Å². The fourth-order valence-corrected chi connectivity index (χ4v) is 1.95. The van der Waals surface area contributed by atoms with E-state index in [1.807, 2.05) is 37.2 Å². The first-order chi connectivity index (χ1) is 11.1. The van der Waals surface area contributed by atoms with Crippen LogP contribution in [0.5, 0.6) is 5.88 Å². The maximum Gasteiger partial charge on any atom is 0.315 e. The molecule has 0 fully saturated rings. The van der Waals surface area contributed by atoms with Crippen molar-refractivity contribution >= 4 is 11.8 Å². The summed E-state index contributed by atoms with van der Waals surface area (Å²) in [6.45, 7) is 0.761. The zero-order chi connectivity index (χ0) is 16.7. The van der Waals surface area contributed by atoms with E-state index in [1.165, 1.54) is 0 Å². The van der Waals surface area contributed by atoms with Crippen molar-refractivity contribution in [3.8, 4) is 5.88 Å². The Morgan fingerprint density at radius 1 is 1.17 bits per heavy atom. The maximum atomic E-state index is 11.9. The van der Waals surface area contributed by atoms with E-state index < -0.39 is 0 Å². The maximum absolute atomic E-state index is 11.9. The molecule has 2 rings (SSSR count). The van der Waals surface area contributed by atoms with Crippen LogP contribution in [0.15, 0.2) is 36.7 Å². The van der Waals surface area contributed by atoms with Gasteiger partial charge in [-0.05, 0) is 17.7 Å². The number of anilines is 1. The number of aromatic nitrogens is 2. The summed E-state index contributed by atoms with van der Waals surface area (Å²) in [7, 11) is 5.41. The van der Waals surface area contributed by atoms with E-state index in [0.29, 0.717) is 19.0 Å².